The van der Waals surface area contributed by atoms with Crippen LogP contribution in [0.15, 0.2) is 71.9 Å². The average molecular weight is 279 g/mol. The quantitative estimate of drug-likeness (QED) is 0.773. The third kappa shape index (κ3) is 2.92. The highest BCUT2D eigenvalue weighted by atomic mass is 16.1. The minimum absolute atomic E-state index is 0.235. The number of aromatic nitrogens is 2. The van der Waals surface area contributed by atoms with Crippen molar-refractivity contribution in [2.45, 2.75) is 0 Å². The summed E-state index contributed by atoms with van der Waals surface area (Å²) < 4.78 is 1.95. The lowest BCUT2D eigenvalue weighted by molar-refractivity contribution is 0.102. The molecule has 0 aliphatic heterocycles. The molecular weight excluding hydrogens is 266 g/mol. The molecule has 3 rings (SSSR count). The second-order valence-corrected chi connectivity index (χ2v) is 4.54. The van der Waals surface area contributed by atoms with Crippen LogP contribution in [-0.2, 0) is 0 Å². The highest BCUT2D eigenvalue weighted by Gasteiger charge is 2.06. The summed E-state index contributed by atoms with van der Waals surface area (Å²) >= 11 is 0. The topological polar surface area (TPSA) is 66.9 Å². The van der Waals surface area contributed by atoms with Gasteiger partial charge in [-0.25, -0.2) is 0 Å². The molecule has 0 saturated heterocycles. The fourth-order valence-corrected chi connectivity index (χ4v) is 2.01. The zero-order valence-corrected chi connectivity index (χ0v) is 11.1. The number of hydrogen-bond donors (Lipinski definition) is 2. The maximum absolute atomic E-state index is 12.1. The molecule has 1 aromatic carbocycles. The number of nitrogens with zero attached hydrogens (tertiary/aromatic N) is 1. The molecule has 21 heavy (non-hydrogen) atoms. The fraction of sp³-hybridized carbons (Fsp3) is 0. The molecule has 0 aliphatic rings. The van der Waals surface area contributed by atoms with E-state index in [1.807, 2.05) is 53.4 Å². The Morgan fingerprint density at radius 2 is 1.86 bits per heavy atom. The van der Waals surface area contributed by atoms with Crippen LogP contribution in [0.2, 0.25) is 0 Å². The number of hydrogen-bond acceptors (Lipinski definition) is 2. The molecule has 0 saturated carbocycles. The van der Waals surface area contributed by atoms with E-state index in [1.54, 1.807) is 0 Å². The van der Waals surface area contributed by atoms with Gasteiger partial charge >= 0.3 is 0 Å². The van der Waals surface area contributed by atoms with E-state index < -0.39 is 0 Å². The van der Waals surface area contributed by atoms with Crippen molar-refractivity contribution in [3.8, 4) is 5.69 Å². The highest BCUT2D eigenvalue weighted by molar-refractivity contribution is 6.04. The molecule has 0 unspecified atom stereocenters. The Bertz CT molecular complexity index is 799. The van der Waals surface area contributed by atoms with Crippen molar-refractivity contribution in [2.24, 2.45) is 0 Å². The maximum atomic E-state index is 12.1. The van der Waals surface area contributed by atoms with Gasteiger partial charge < -0.3 is 14.9 Å². The predicted molar refractivity (Wildman–Crippen MR) is 80.8 cm³/mol. The van der Waals surface area contributed by atoms with Gasteiger partial charge in [0.05, 0.1) is 5.56 Å². The molecule has 0 radical (unpaired) electrons. The molecule has 2 N–H and O–H groups in total. The van der Waals surface area contributed by atoms with Crippen LogP contribution in [-0.4, -0.2) is 15.5 Å². The van der Waals surface area contributed by atoms with Gasteiger partial charge in [0, 0.05) is 36.0 Å². The van der Waals surface area contributed by atoms with Crippen molar-refractivity contribution >= 4 is 11.6 Å². The molecule has 0 spiro atoms. The summed E-state index contributed by atoms with van der Waals surface area (Å²) in [6, 6.07) is 14.2. The zero-order valence-electron chi connectivity index (χ0n) is 11.1. The summed E-state index contributed by atoms with van der Waals surface area (Å²) in [5, 5.41) is 2.81. The van der Waals surface area contributed by atoms with Gasteiger partial charge in [-0.2, -0.15) is 0 Å². The first-order chi connectivity index (χ1) is 10.2. The highest BCUT2D eigenvalue weighted by Crippen LogP contribution is 2.15. The van der Waals surface area contributed by atoms with Crippen LogP contribution in [0.3, 0.4) is 0 Å². The van der Waals surface area contributed by atoms with Crippen molar-refractivity contribution in [3.05, 3.63) is 83.0 Å². The maximum Gasteiger partial charge on any atom is 0.257 e. The van der Waals surface area contributed by atoms with E-state index in [0.717, 1.165) is 5.69 Å². The summed E-state index contributed by atoms with van der Waals surface area (Å²) in [4.78, 5) is 25.6. The Morgan fingerprint density at radius 3 is 2.57 bits per heavy atom. The van der Waals surface area contributed by atoms with Gasteiger partial charge in [-0.3, -0.25) is 9.59 Å². The van der Waals surface area contributed by atoms with Gasteiger partial charge in [0.1, 0.15) is 0 Å². The first-order valence-corrected chi connectivity index (χ1v) is 6.46. The first-order valence-electron chi connectivity index (χ1n) is 6.46. The van der Waals surface area contributed by atoms with Crippen molar-refractivity contribution in [3.63, 3.8) is 0 Å². The lowest BCUT2D eigenvalue weighted by Gasteiger charge is -2.08. The third-order valence-electron chi connectivity index (χ3n) is 3.05. The van der Waals surface area contributed by atoms with Crippen LogP contribution in [0.4, 0.5) is 5.69 Å². The number of rotatable bonds is 3. The van der Waals surface area contributed by atoms with E-state index in [2.05, 4.69) is 10.3 Å². The Labute approximate surface area is 120 Å². The number of pyridine rings is 1. The minimum Gasteiger partial charge on any atom is -0.328 e. The third-order valence-corrected chi connectivity index (χ3v) is 3.05. The van der Waals surface area contributed by atoms with E-state index in [4.69, 9.17) is 0 Å². The Kier molecular flexibility index (Phi) is 3.39. The number of H-pyrrole nitrogens is 1. The van der Waals surface area contributed by atoms with E-state index in [9.17, 15) is 9.59 Å². The van der Waals surface area contributed by atoms with Gasteiger partial charge in [0.2, 0.25) is 5.56 Å². The lowest BCUT2D eigenvalue weighted by atomic mass is 10.2. The molecule has 3 aromatic rings. The van der Waals surface area contributed by atoms with Crippen LogP contribution in [0.25, 0.3) is 5.69 Å². The largest absolute Gasteiger partial charge is 0.328 e. The van der Waals surface area contributed by atoms with E-state index in [-0.39, 0.29) is 11.5 Å². The fourth-order valence-electron chi connectivity index (χ4n) is 2.01. The molecule has 104 valence electrons. The lowest BCUT2D eigenvalue weighted by Crippen LogP contribution is -2.14. The smallest absolute Gasteiger partial charge is 0.257 e. The first kappa shape index (κ1) is 12.9. The Morgan fingerprint density at radius 1 is 1.05 bits per heavy atom. The number of aromatic amines is 1. The second-order valence-electron chi connectivity index (χ2n) is 4.54. The average Bonchev–Trinajstić information content (AvgIpc) is 3.02. The summed E-state index contributed by atoms with van der Waals surface area (Å²) in [5.74, 6) is -0.268. The van der Waals surface area contributed by atoms with Crippen molar-refractivity contribution in [1.82, 2.24) is 9.55 Å². The molecule has 5 nitrogen and oxygen atoms in total. The molecule has 0 bridgehead atoms. The van der Waals surface area contributed by atoms with Gasteiger partial charge in [-0.15, -0.1) is 0 Å². The van der Waals surface area contributed by atoms with Crippen molar-refractivity contribution in [1.29, 1.82) is 0 Å². The van der Waals surface area contributed by atoms with E-state index in [0.29, 0.717) is 11.3 Å². The Balaban J connectivity index is 1.82. The summed E-state index contributed by atoms with van der Waals surface area (Å²) in [5.41, 5.74) is 1.82. The Hall–Kier alpha value is -3.08. The minimum atomic E-state index is -0.268. The van der Waals surface area contributed by atoms with Crippen molar-refractivity contribution in [2.75, 3.05) is 5.32 Å². The van der Waals surface area contributed by atoms with Gasteiger partial charge in [-0.05, 0) is 36.4 Å². The number of anilines is 1. The number of benzene rings is 1. The van der Waals surface area contributed by atoms with E-state index in [1.165, 1.54) is 18.3 Å². The number of carbonyl (C=O) groups is 1. The van der Waals surface area contributed by atoms with Gasteiger partial charge in [-0.1, -0.05) is 6.07 Å². The zero-order chi connectivity index (χ0) is 14.7. The molecule has 0 atom stereocenters. The predicted octanol–water partition coefficient (Wildman–Crippen LogP) is 2.42. The number of carbonyl (C=O) groups excluding carboxylic acids is 1. The second kappa shape index (κ2) is 5.50. The molecule has 0 fully saturated rings. The number of amides is 1. The van der Waals surface area contributed by atoms with E-state index >= 15 is 0 Å². The monoisotopic (exact) mass is 279 g/mol. The van der Waals surface area contributed by atoms with Gasteiger partial charge in [0.25, 0.3) is 5.91 Å². The normalized spacial score (nSPS) is 10.3. The molecule has 5 heteroatoms. The van der Waals surface area contributed by atoms with Gasteiger partial charge in [0.15, 0.2) is 0 Å². The van der Waals surface area contributed by atoms with Crippen LogP contribution >= 0.6 is 0 Å². The number of nitrogens with one attached hydrogen (secondary N) is 2. The standard InChI is InChI=1S/C16H13N3O2/c20-15-7-6-12(11-17-15)16(21)18-13-4-3-5-14(10-13)19-8-1-2-9-19/h1-11H,(H,17,20)(H,18,21). The van der Waals surface area contributed by atoms with Crippen LogP contribution in [0.1, 0.15) is 10.4 Å². The summed E-state index contributed by atoms with van der Waals surface area (Å²) in [6.07, 6.45) is 5.26. The van der Waals surface area contributed by atoms with Crippen molar-refractivity contribution < 1.29 is 4.79 Å². The molecule has 2 heterocycles. The molecule has 0 aliphatic carbocycles. The van der Waals surface area contributed by atoms with Crippen LogP contribution < -0.4 is 10.9 Å². The molecule has 2 aromatic heterocycles. The van der Waals surface area contributed by atoms with Crippen LogP contribution in [0.5, 0.6) is 0 Å². The molecular formula is C16H13N3O2. The molecule has 1 amide bonds. The SMILES string of the molecule is O=C(Nc1cccc(-n2cccc2)c1)c1ccc(=O)[nH]c1. The summed E-state index contributed by atoms with van der Waals surface area (Å²) in [6.45, 7) is 0. The van der Waals surface area contributed by atoms with Crippen LogP contribution in [0, 0.1) is 0 Å². The summed E-state index contributed by atoms with van der Waals surface area (Å²) in [7, 11) is 0.